The number of aryl methyl sites for hydroxylation is 2. The van der Waals surface area contributed by atoms with Crippen LogP contribution in [0.4, 0.5) is 10.1 Å². The Balaban J connectivity index is 1.40. The molecule has 5 nitrogen and oxygen atoms in total. The Kier molecular flexibility index (Phi) is 4.68. The second-order valence-electron chi connectivity index (χ2n) is 6.07. The smallest absolute Gasteiger partial charge is 0.224 e. The number of oxazole rings is 1. The summed E-state index contributed by atoms with van der Waals surface area (Å²) in [6.07, 6.45) is 0.836. The van der Waals surface area contributed by atoms with Crippen LogP contribution in [0, 0.1) is 12.7 Å². The van der Waals surface area contributed by atoms with Crippen molar-refractivity contribution in [3.63, 3.8) is 0 Å². The van der Waals surface area contributed by atoms with Gasteiger partial charge >= 0.3 is 0 Å². The average Bonchev–Trinajstić information content (AvgIpc) is 3.27. The first kappa shape index (κ1) is 17.4. The minimum Gasteiger partial charge on any atom is -0.439 e. The normalized spacial score (nSPS) is 11.0. The Morgan fingerprint density at radius 3 is 2.81 bits per heavy atom. The van der Waals surface area contributed by atoms with Gasteiger partial charge in [0.15, 0.2) is 11.5 Å². The molecular weight excluding hydrogens is 365 g/mol. The largest absolute Gasteiger partial charge is 0.439 e. The summed E-state index contributed by atoms with van der Waals surface area (Å²) in [5, 5.41) is 5.65. The summed E-state index contributed by atoms with van der Waals surface area (Å²) >= 11 is 1.49. The zero-order valence-electron chi connectivity index (χ0n) is 14.5. The lowest BCUT2D eigenvalue weighted by atomic mass is 10.2. The fraction of sp³-hybridized carbons (Fsp3) is 0.150. The van der Waals surface area contributed by atoms with E-state index in [0.717, 1.165) is 16.3 Å². The van der Waals surface area contributed by atoms with Crippen molar-refractivity contribution < 1.29 is 13.6 Å². The second-order valence-corrected chi connectivity index (χ2v) is 7.01. The lowest BCUT2D eigenvalue weighted by Gasteiger charge is -2.04. The number of para-hydroxylation sites is 1. The SMILES string of the molecule is Cc1nc2cccc(NC(=O)CCc3nc(-c4ccc(F)cc4)cs3)c2o1. The lowest BCUT2D eigenvalue weighted by Crippen LogP contribution is -2.12. The molecule has 4 aromatic rings. The molecule has 2 aromatic carbocycles. The van der Waals surface area contributed by atoms with Gasteiger partial charge in [-0.25, -0.2) is 14.4 Å². The molecule has 2 heterocycles. The maximum atomic E-state index is 13.0. The van der Waals surface area contributed by atoms with E-state index in [9.17, 15) is 9.18 Å². The van der Waals surface area contributed by atoms with Gasteiger partial charge in [0.1, 0.15) is 11.3 Å². The van der Waals surface area contributed by atoms with Crippen molar-refractivity contribution in [2.24, 2.45) is 0 Å². The van der Waals surface area contributed by atoms with Crippen molar-refractivity contribution in [1.29, 1.82) is 0 Å². The molecule has 4 rings (SSSR count). The highest BCUT2D eigenvalue weighted by Crippen LogP contribution is 2.25. The van der Waals surface area contributed by atoms with Crippen LogP contribution < -0.4 is 5.32 Å². The van der Waals surface area contributed by atoms with E-state index in [4.69, 9.17) is 4.42 Å². The van der Waals surface area contributed by atoms with Gasteiger partial charge in [-0.2, -0.15) is 0 Å². The van der Waals surface area contributed by atoms with E-state index < -0.39 is 0 Å². The summed E-state index contributed by atoms with van der Waals surface area (Å²) < 4.78 is 18.6. The number of aromatic nitrogens is 2. The maximum Gasteiger partial charge on any atom is 0.224 e. The molecule has 0 bridgehead atoms. The molecule has 0 fully saturated rings. The third kappa shape index (κ3) is 3.88. The number of fused-ring (bicyclic) bond motifs is 1. The summed E-state index contributed by atoms with van der Waals surface area (Å²) in [4.78, 5) is 21.1. The Hall–Kier alpha value is -3.06. The molecule has 0 aliphatic rings. The van der Waals surface area contributed by atoms with Gasteiger partial charge in [0.25, 0.3) is 0 Å². The lowest BCUT2D eigenvalue weighted by molar-refractivity contribution is -0.116. The average molecular weight is 381 g/mol. The molecule has 0 atom stereocenters. The quantitative estimate of drug-likeness (QED) is 0.530. The summed E-state index contributed by atoms with van der Waals surface area (Å²) in [6.45, 7) is 1.77. The zero-order chi connectivity index (χ0) is 18.8. The van der Waals surface area contributed by atoms with E-state index in [1.807, 2.05) is 17.5 Å². The van der Waals surface area contributed by atoms with Crippen molar-refractivity contribution >= 4 is 34.0 Å². The molecular formula is C20H16FN3O2S. The van der Waals surface area contributed by atoms with Crippen LogP contribution in [0.3, 0.4) is 0 Å². The number of nitrogens with zero attached hydrogens (tertiary/aromatic N) is 2. The van der Waals surface area contributed by atoms with Gasteiger partial charge in [0, 0.05) is 30.7 Å². The topological polar surface area (TPSA) is 68.0 Å². The Labute approximate surface area is 158 Å². The molecule has 0 spiro atoms. The van der Waals surface area contributed by atoms with Gasteiger partial charge in [-0.1, -0.05) is 6.07 Å². The fourth-order valence-corrected chi connectivity index (χ4v) is 3.58. The molecule has 7 heteroatoms. The Morgan fingerprint density at radius 2 is 2.00 bits per heavy atom. The van der Waals surface area contributed by atoms with Gasteiger partial charge in [0.2, 0.25) is 5.91 Å². The Bertz CT molecular complexity index is 1100. The molecule has 0 aliphatic carbocycles. The molecule has 136 valence electrons. The van der Waals surface area contributed by atoms with Crippen LogP contribution in [0.2, 0.25) is 0 Å². The van der Waals surface area contributed by atoms with Crippen LogP contribution in [0.25, 0.3) is 22.4 Å². The van der Waals surface area contributed by atoms with Gasteiger partial charge < -0.3 is 9.73 Å². The minimum atomic E-state index is -0.275. The van der Waals surface area contributed by atoms with Crippen molar-refractivity contribution in [1.82, 2.24) is 9.97 Å². The predicted molar refractivity (Wildman–Crippen MR) is 103 cm³/mol. The molecule has 0 saturated heterocycles. The standard InChI is InChI=1S/C20H16FN3O2S/c1-12-22-15-3-2-4-16(20(15)26-12)23-18(25)9-10-19-24-17(11-27-19)13-5-7-14(21)8-6-13/h2-8,11H,9-10H2,1H3,(H,23,25). The molecule has 0 unspecified atom stereocenters. The van der Waals surface area contributed by atoms with Crippen LogP contribution in [0.5, 0.6) is 0 Å². The van der Waals surface area contributed by atoms with Crippen molar-refractivity contribution in [3.8, 4) is 11.3 Å². The van der Waals surface area contributed by atoms with E-state index >= 15 is 0 Å². The van der Waals surface area contributed by atoms with Crippen LogP contribution in [0.15, 0.2) is 52.3 Å². The first-order valence-corrected chi connectivity index (χ1v) is 9.33. The third-order valence-corrected chi connectivity index (χ3v) is 4.96. The number of halogens is 1. The van der Waals surface area contributed by atoms with E-state index in [1.54, 1.807) is 25.1 Å². The fourth-order valence-electron chi connectivity index (χ4n) is 2.77. The highest BCUT2D eigenvalue weighted by molar-refractivity contribution is 7.09. The van der Waals surface area contributed by atoms with Crippen LogP contribution in [-0.2, 0) is 11.2 Å². The van der Waals surface area contributed by atoms with Gasteiger partial charge in [-0.05, 0) is 36.4 Å². The molecule has 1 amide bonds. The van der Waals surface area contributed by atoms with Crippen molar-refractivity contribution in [3.05, 3.63) is 64.6 Å². The maximum absolute atomic E-state index is 13.0. The van der Waals surface area contributed by atoms with E-state index in [-0.39, 0.29) is 11.7 Å². The highest BCUT2D eigenvalue weighted by Gasteiger charge is 2.12. The van der Waals surface area contributed by atoms with Gasteiger partial charge in [-0.3, -0.25) is 4.79 Å². The summed E-state index contributed by atoms with van der Waals surface area (Å²) in [5.41, 5.74) is 3.56. The monoisotopic (exact) mass is 381 g/mol. The van der Waals surface area contributed by atoms with E-state index in [0.29, 0.717) is 35.5 Å². The molecule has 1 N–H and O–H groups in total. The molecule has 0 radical (unpaired) electrons. The number of carbonyl (C=O) groups excluding carboxylic acids is 1. The van der Waals surface area contributed by atoms with Gasteiger partial charge in [-0.15, -0.1) is 11.3 Å². The number of rotatable bonds is 5. The number of benzene rings is 2. The third-order valence-electron chi connectivity index (χ3n) is 4.05. The number of thiazole rings is 1. The summed E-state index contributed by atoms with van der Waals surface area (Å²) in [7, 11) is 0. The van der Waals surface area contributed by atoms with Crippen LogP contribution in [0.1, 0.15) is 17.3 Å². The van der Waals surface area contributed by atoms with Crippen molar-refractivity contribution in [2.45, 2.75) is 19.8 Å². The first-order valence-electron chi connectivity index (χ1n) is 8.45. The number of amides is 1. The zero-order valence-corrected chi connectivity index (χ0v) is 15.3. The van der Waals surface area contributed by atoms with Gasteiger partial charge in [0.05, 0.1) is 16.4 Å². The number of anilines is 1. The van der Waals surface area contributed by atoms with E-state index in [2.05, 4.69) is 15.3 Å². The van der Waals surface area contributed by atoms with E-state index in [1.165, 1.54) is 23.5 Å². The molecule has 27 heavy (non-hydrogen) atoms. The minimum absolute atomic E-state index is 0.116. The molecule has 2 aromatic heterocycles. The first-order chi connectivity index (χ1) is 13.1. The molecule has 0 aliphatic heterocycles. The predicted octanol–water partition coefficient (Wildman–Crippen LogP) is 4.97. The number of nitrogens with one attached hydrogen (secondary N) is 1. The highest BCUT2D eigenvalue weighted by atomic mass is 32.1. The Morgan fingerprint density at radius 1 is 1.19 bits per heavy atom. The number of carbonyl (C=O) groups is 1. The van der Waals surface area contributed by atoms with Crippen LogP contribution >= 0.6 is 11.3 Å². The summed E-state index contributed by atoms with van der Waals surface area (Å²) in [6, 6.07) is 11.7. The molecule has 0 saturated carbocycles. The number of hydrogen-bond donors (Lipinski definition) is 1. The second kappa shape index (κ2) is 7.28. The van der Waals surface area contributed by atoms with Crippen molar-refractivity contribution in [2.75, 3.05) is 5.32 Å². The van der Waals surface area contributed by atoms with Crippen LogP contribution in [-0.4, -0.2) is 15.9 Å². The number of hydrogen-bond acceptors (Lipinski definition) is 5. The summed E-state index contributed by atoms with van der Waals surface area (Å²) in [5.74, 6) is 0.167.